The summed E-state index contributed by atoms with van der Waals surface area (Å²) in [5.74, 6) is -0.511. The highest BCUT2D eigenvalue weighted by atomic mass is 35.5. The molecule has 1 nitrogen and oxygen atoms in total. The van der Waals surface area contributed by atoms with Crippen LogP contribution in [0.2, 0.25) is 5.02 Å². The molecule has 0 spiro atoms. The van der Waals surface area contributed by atoms with Crippen molar-refractivity contribution in [2.24, 2.45) is 0 Å². The summed E-state index contributed by atoms with van der Waals surface area (Å²) in [6.07, 6.45) is 0.436. The Morgan fingerprint density at radius 1 is 1.16 bits per heavy atom. The molecule has 1 atom stereocenters. The zero-order valence-electron chi connectivity index (χ0n) is 10.7. The fraction of sp³-hybridized carbons (Fsp3) is 0.250. The van der Waals surface area contributed by atoms with Crippen molar-refractivity contribution in [1.29, 1.82) is 0 Å². The van der Waals surface area contributed by atoms with E-state index in [0.717, 1.165) is 11.1 Å². The summed E-state index contributed by atoms with van der Waals surface area (Å²) in [6.45, 7) is 1.99. The van der Waals surface area contributed by atoms with Crippen molar-refractivity contribution in [3.8, 4) is 0 Å². The van der Waals surface area contributed by atoms with Crippen LogP contribution in [0.5, 0.6) is 0 Å². The largest absolute Gasteiger partial charge is 0.396 e. The molecule has 1 N–H and O–H groups in total. The smallest absolute Gasteiger partial charge is 0.144 e. The van der Waals surface area contributed by atoms with E-state index in [-0.39, 0.29) is 17.5 Å². The van der Waals surface area contributed by atoms with Crippen LogP contribution in [0.15, 0.2) is 42.5 Å². The maximum Gasteiger partial charge on any atom is 0.144 e. The second-order valence-corrected chi connectivity index (χ2v) is 5.11. The van der Waals surface area contributed by atoms with Crippen LogP contribution in [0.25, 0.3) is 0 Å². The van der Waals surface area contributed by atoms with E-state index in [4.69, 9.17) is 11.6 Å². The molecule has 0 radical (unpaired) electrons. The highest BCUT2D eigenvalue weighted by Gasteiger charge is 2.15. The Labute approximate surface area is 117 Å². The Morgan fingerprint density at radius 2 is 1.84 bits per heavy atom. The van der Waals surface area contributed by atoms with Gasteiger partial charge in [0.15, 0.2) is 0 Å². The van der Waals surface area contributed by atoms with Crippen molar-refractivity contribution in [3.63, 3.8) is 0 Å². The third-order valence-electron chi connectivity index (χ3n) is 3.27. The van der Waals surface area contributed by atoms with Crippen LogP contribution in [0, 0.1) is 12.7 Å². The van der Waals surface area contributed by atoms with Gasteiger partial charge in [-0.15, -0.1) is 0 Å². The number of hydrogen-bond acceptors (Lipinski definition) is 1. The lowest BCUT2D eigenvalue weighted by Gasteiger charge is -2.15. The summed E-state index contributed by atoms with van der Waals surface area (Å²) in [5.41, 5.74) is 2.70. The molecule has 0 saturated heterocycles. The van der Waals surface area contributed by atoms with Gasteiger partial charge in [0.05, 0.1) is 11.6 Å². The molecular formula is C16H16ClFO. The number of aliphatic hydroxyl groups excluding tert-OH is 1. The van der Waals surface area contributed by atoms with E-state index in [9.17, 15) is 9.50 Å². The van der Waals surface area contributed by atoms with Crippen molar-refractivity contribution >= 4 is 11.6 Å². The molecule has 0 aliphatic carbocycles. The Hall–Kier alpha value is -1.38. The Morgan fingerprint density at radius 3 is 2.47 bits per heavy atom. The third kappa shape index (κ3) is 3.34. The van der Waals surface area contributed by atoms with Gasteiger partial charge in [-0.1, -0.05) is 53.6 Å². The minimum Gasteiger partial charge on any atom is -0.396 e. The van der Waals surface area contributed by atoms with Gasteiger partial charge < -0.3 is 5.11 Å². The van der Waals surface area contributed by atoms with Crippen molar-refractivity contribution in [1.82, 2.24) is 0 Å². The number of hydrogen-bond donors (Lipinski definition) is 1. The molecule has 100 valence electrons. The molecule has 0 fully saturated rings. The van der Waals surface area contributed by atoms with Crippen molar-refractivity contribution < 1.29 is 9.50 Å². The second kappa shape index (κ2) is 6.18. The number of benzene rings is 2. The lowest BCUT2D eigenvalue weighted by molar-refractivity contribution is 0.263. The van der Waals surface area contributed by atoms with Gasteiger partial charge in [-0.05, 0) is 30.5 Å². The molecule has 19 heavy (non-hydrogen) atoms. The molecule has 0 aliphatic heterocycles. The van der Waals surface area contributed by atoms with E-state index in [1.165, 1.54) is 6.07 Å². The second-order valence-electron chi connectivity index (χ2n) is 4.71. The standard InChI is InChI=1S/C16H16ClFO/c1-11-5-7-12(8-6-11)14(10-19)9-13-3-2-4-15(17)16(13)18/h2-8,14,19H,9-10H2,1H3. The summed E-state index contributed by atoms with van der Waals surface area (Å²) in [4.78, 5) is 0. The summed E-state index contributed by atoms with van der Waals surface area (Å²) in [6, 6.07) is 12.9. The van der Waals surface area contributed by atoms with Gasteiger partial charge >= 0.3 is 0 Å². The lowest BCUT2D eigenvalue weighted by Crippen LogP contribution is -2.09. The number of aryl methyl sites for hydroxylation is 1. The normalized spacial score (nSPS) is 12.4. The minimum absolute atomic E-state index is 0.0188. The summed E-state index contributed by atoms with van der Waals surface area (Å²) in [5, 5.41) is 9.64. The highest BCUT2D eigenvalue weighted by molar-refractivity contribution is 6.30. The van der Waals surface area contributed by atoms with Gasteiger partial charge in [0.2, 0.25) is 0 Å². The van der Waals surface area contributed by atoms with Crippen LogP contribution >= 0.6 is 11.6 Å². The van der Waals surface area contributed by atoms with Gasteiger partial charge in [0.25, 0.3) is 0 Å². The summed E-state index contributed by atoms with van der Waals surface area (Å²) in [7, 11) is 0. The average molecular weight is 279 g/mol. The minimum atomic E-state index is -0.394. The van der Waals surface area contributed by atoms with E-state index < -0.39 is 5.82 Å². The van der Waals surface area contributed by atoms with Crippen LogP contribution in [0.1, 0.15) is 22.6 Å². The van der Waals surface area contributed by atoms with Crippen molar-refractivity contribution in [2.75, 3.05) is 6.61 Å². The topological polar surface area (TPSA) is 20.2 Å². The first-order chi connectivity index (χ1) is 9.11. The molecule has 3 heteroatoms. The van der Waals surface area contributed by atoms with Gasteiger partial charge in [-0.3, -0.25) is 0 Å². The zero-order valence-corrected chi connectivity index (χ0v) is 11.5. The Balaban J connectivity index is 2.24. The van der Waals surface area contributed by atoms with Gasteiger partial charge in [-0.25, -0.2) is 4.39 Å². The first-order valence-corrected chi connectivity index (χ1v) is 6.60. The van der Waals surface area contributed by atoms with Crippen LogP contribution in [0.4, 0.5) is 4.39 Å². The SMILES string of the molecule is Cc1ccc(C(CO)Cc2cccc(Cl)c2F)cc1. The quantitative estimate of drug-likeness (QED) is 0.892. The Kier molecular flexibility index (Phi) is 4.56. The number of aliphatic hydroxyl groups is 1. The first kappa shape index (κ1) is 14.0. The molecule has 0 bridgehead atoms. The van der Waals surface area contributed by atoms with Crippen molar-refractivity contribution in [3.05, 3.63) is 70.0 Å². The molecule has 0 aliphatic rings. The molecule has 0 aromatic heterocycles. The molecule has 0 saturated carbocycles. The number of halogens is 2. The zero-order chi connectivity index (χ0) is 13.8. The van der Waals surface area contributed by atoms with Gasteiger partial charge in [-0.2, -0.15) is 0 Å². The molecule has 0 amide bonds. The van der Waals surface area contributed by atoms with E-state index in [2.05, 4.69) is 0 Å². The van der Waals surface area contributed by atoms with Crippen molar-refractivity contribution in [2.45, 2.75) is 19.3 Å². The summed E-state index contributed by atoms with van der Waals surface area (Å²) >= 11 is 5.77. The van der Waals surface area contributed by atoms with E-state index in [1.807, 2.05) is 31.2 Å². The summed E-state index contributed by atoms with van der Waals surface area (Å²) < 4.78 is 13.9. The number of rotatable bonds is 4. The predicted octanol–water partition coefficient (Wildman–Crippen LogP) is 4.11. The Bertz CT molecular complexity index is 551. The third-order valence-corrected chi connectivity index (χ3v) is 3.56. The maximum atomic E-state index is 13.9. The van der Waals surface area contributed by atoms with Crippen LogP contribution < -0.4 is 0 Å². The average Bonchev–Trinajstić information content (AvgIpc) is 2.42. The fourth-order valence-electron chi connectivity index (χ4n) is 2.10. The molecule has 1 unspecified atom stereocenters. The monoisotopic (exact) mass is 278 g/mol. The van der Waals surface area contributed by atoms with E-state index in [0.29, 0.717) is 12.0 Å². The fourth-order valence-corrected chi connectivity index (χ4v) is 2.29. The van der Waals surface area contributed by atoms with E-state index in [1.54, 1.807) is 12.1 Å². The molecule has 0 heterocycles. The highest BCUT2D eigenvalue weighted by Crippen LogP contribution is 2.25. The maximum absolute atomic E-state index is 13.9. The van der Waals surface area contributed by atoms with E-state index >= 15 is 0 Å². The predicted molar refractivity (Wildman–Crippen MR) is 76.1 cm³/mol. The van der Waals surface area contributed by atoms with Gasteiger partial charge in [0.1, 0.15) is 5.82 Å². The molecular weight excluding hydrogens is 263 g/mol. The van der Waals surface area contributed by atoms with Gasteiger partial charge in [0, 0.05) is 5.92 Å². The molecule has 2 aromatic carbocycles. The van der Waals surface area contributed by atoms with Crippen LogP contribution in [-0.4, -0.2) is 11.7 Å². The molecule has 2 rings (SSSR count). The lowest BCUT2D eigenvalue weighted by atomic mass is 9.92. The molecule has 2 aromatic rings. The van der Waals surface area contributed by atoms with Crippen LogP contribution in [0.3, 0.4) is 0 Å². The van der Waals surface area contributed by atoms with Crippen LogP contribution in [-0.2, 0) is 6.42 Å². The first-order valence-electron chi connectivity index (χ1n) is 6.22.